The number of amides is 1. The van der Waals surface area contributed by atoms with Crippen molar-refractivity contribution in [1.29, 1.82) is 0 Å². The first-order valence-electron chi connectivity index (χ1n) is 9.12. The number of benzene rings is 1. The van der Waals surface area contributed by atoms with Crippen molar-refractivity contribution >= 4 is 15.7 Å². The van der Waals surface area contributed by atoms with Crippen LogP contribution in [0.25, 0.3) is 11.3 Å². The van der Waals surface area contributed by atoms with Gasteiger partial charge in [-0.3, -0.25) is 4.79 Å². The Kier molecular flexibility index (Phi) is 4.73. The van der Waals surface area contributed by atoms with Gasteiger partial charge in [-0.05, 0) is 25.7 Å². The van der Waals surface area contributed by atoms with Gasteiger partial charge in [-0.25, -0.2) is 8.42 Å². The molecule has 0 unspecified atom stereocenters. The van der Waals surface area contributed by atoms with E-state index in [0.717, 1.165) is 11.8 Å². The molecule has 1 saturated carbocycles. The molecule has 10 heteroatoms. The summed E-state index contributed by atoms with van der Waals surface area (Å²) in [6.45, 7) is 1.51. The third-order valence-corrected chi connectivity index (χ3v) is 6.83. The van der Waals surface area contributed by atoms with Gasteiger partial charge in [0.15, 0.2) is 21.3 Å². The fraction of sp³-hybridized carbons (Fsp3) is 0.368. The minimum absolute atomic E-state index is 0.00774. The first kappa shape index (κ1) is 19.3. The molecule has 1 aliphatic rings. The minimum atomic E-state index is -3.32. The van der Waals surface area contributed by atoms with Gasteiger partial charge in [0.05, 0.1) is 0 Å². The van der Waals surface area contributed by atoms with E-state index >= 15 is 0 Å². The van der Waals surface area contributed by atoms with Crippen molar-refractivity contribution in [3.05, 3.63) is 53.4 Å². The van der Waals surface area contributed by atoms with E-state index in [4.69, 9.17) is 14.7 Å². The van der Waals surface area contributed by atoms with Crippen LogP contribution in [0.2, 0.25) is 0 Å². The molecule has 4 rings (SSSR count). The van der Waals surface area contributed by atoms with Crippen molar-refractivity contribution in [2.45, 2.75) is 36.9 Å². The molecule has 1 aliphatic carbocycles. The summed E-state index contributed by atoms with van der Waals surface area (Å²) in [7, 11) is -3.32. The van der Waals surface area contributed by atoms with Gasteiger partial charge < -0.3 is 14.7 Å². The molecule has 1 atom stereocenters. The average molecular weight is 416 g/mol. The lowest BCUT2D eigenvalue weighted by Gasteiger charge is -2.33. The zero-order valence-electron chi connectivity index (χ0n) is 15.9. The maximum atomic E-state index is 11.8. The number of nitrogens with two attached hydrogens (primary N) is 1. The number of aromatic nitrogens is 3. The normalized spacial score (nSPS) is 20.2. The first-order valence-corrected chi connectivity index (χ1v) is 11.1. The largest absolute Gasteiger partial charge is 0.424 e. The molecule has 0 bridgehead atoms. The summed E-state index contributed by atoms with van der Waals surface area (Å²) < 4.78 is 34.4. The maximum Gasteiger partial charge on any atom is 0.271 e. The molecule has 9 nitrogen and oxygen atoms in total. The number of nitrogens with zero attached hydrogens (tertiary/aromatic N) is 3. The molecule has 0 radical (unpaired) electrons. The second-order valence-electron chi connectivity index (χ2n) is 7.32. The Morgan fingerprint density at radius 1 is 1.17 bits per heavy atom. The highest BCUT2D eigenvalue weighted by Crippen LogP contribution is 2.50. The van der Waals surface area contributed by atoms with Gasteiger partial charge in [-0.15, -0.1) is 10.2 Å². The van der Waals surface area contributed by atoms with E-state index in [1.165, 1.54) is 6.92 Å². The highest BCUT2D eigenvalue weighted by atomic mass is 32.2. The van der Waals surface area contributed by atoms with Crippen LogP contribution in [0.4, 0.5) is 0 Å². The van der Waals surface area contributed by atoms with Crippen LogP contribution >= 0.6 is 0 Å². The van der Waals surface area contributed by atoms with Crippen LogP contribution in [0.15, 0.2) is 39.3 Å². The van der Waals surface area contributed by atoms with Crippen LogP contribution in [0.3, 0.4) is 0 Å². The van der Waals surface area contributed by atoms with E-state index in [1.54, 1.807) is 0 Å². The Morgan fingerprint density at radius 2 is 1.86 bits per heavy atom. The van der Waals surface area contributed by atoms with Crippen molar-refractivity contribution < 1.29 is 22.2 Å². The number of hydrogen-bond acceptors (Lipinski definition) is 8. The molecule has 0 aliphatic heterocycles. The highest BCUT2D eigenvalue weighted by molar-refractivity contribution is 7.90. The van der Waals surface area contributed by atoms with Crippen LogP contribution in [0, 0.1) is 0 Å². The molecule has 1 fully saturated rings. The fourth-order valence-electron chi connectivity index (χ4n) is 3.47. The Hall–Kier alpha value is -3.01. The van der Waals surface area contributed by atoms with Crippen molar-refractivity contribution in [1.82, 2.24) is 15.4 Å². The predicted molar refractivity (Wildman–Crippen MR) is 103 cm³/mol. The van der Waals surface area contributed by atoms with Gasteiger partial charge in [-0.2, -0.15) is 0 Å². The number of sulfone groups is 1. The van der Waals surface area contributed by atoms with Crippen LogP contribution in [0.1, 0.15) is 64.7 Å². The van der Waals surface area contributed by atoms with E-state index in [1.807, 2.05) is 30.3 Å². The van der Waals surface area contributed by atoms with Crippen LogP contribution < -0.4 is 5.73 Å². The van der Waals surface area contributed by atoms with Crippen molar-refractivity contribution in [2.75, 3.05) is 6.26 Å². The zero-order chi connectivity index (χ0) is 20.8. The standard InChI is InChI=1S/C19H20N4O5S/c1-10(29(2,25)26)18-21-22-19(27-18)13-8-12(9-13)14-15(17(20)24)23-28-16(14)11-6-4-3-5-7-11/h3-7,10,12-13H,8-9H2,1-2H3,(H2,20,24)/t10-,12?,13?/m1/s1. The molecular formula is C19H20N4O5S. The van der Waals surface area contributed by atoms with Gasteiger partial charge in [0.25, 0.3) is 5.91 Å². The summed E-state index contributed by atoms with van der Waals surface area (Å²) in [5.74, 6) is 0.318. The van der Waals surface area contributed by atoms with Crippen molar-refractivity contribution in [3.8, 4) is 11.3 Å². The molecule has 0 spiro atoms. The maximum absolute atomic E-state index is 11.8. The van der Waals surface area contributed by atoms with Gasteiger partial charge >= 0.3 is 0 Å². The van der Waals surface area contributed by atoms with E-state index in [0.29, 0.717) is 30.1 Å². The van der Waals surface area contributed by atoms with Gasteiger partial charge in [0, 0.05) is 23.3 Å². The van der Waals surface area contributed by atoms with Gasteiger partial charge in [0.1, 0.15) is 5.25 Å². The van der Waals surface area contributed by atoms with Gasteiger partial charge in [-0.1, -0.05) is 35.5 Å². The van der Waals surface area contributed by atoms with Gasteiger partial charge in [0.2, 0.25) is 11.8 Å². The molecule has 2 aromatic heterocycles. The Bertz CT molecular complexity index is 1150. The Morgan fingerprint density at radius 3 is 2.48 bits per heavy atom. The number of hydrogen-bond donors (Lipinski definition) is 1. The summed E-state index contributed by atoms with van der Waals surface area (Å²) in [5.41, 5.74) is 7.11. The molecule has 2 heterocycles. The molecule has 0 saturated heterocycles. The molecule has 1 amide bonds. The lowest BCUT2D eigenvalue weighted by Crippen LogP contribution is -2.24. The van der Waals surface area contributed by atoms with E-state index in [-0.39, 0.29) is 23.4 Å². The van der Waals surface area contributed by atoms with E-state index in [2.05, 4.69) is 15.4 Å². The number of carbonyl (C=O) groups excluding carboxylic acids is 1. The van der Waals surface area contributed by atoms with Crippen molar-refractivity contribution in [3.63, 3.8) is 0 Å². The number of primary amides is 1. The molecule has 2 N–H and O–H groups in total. The SMILES string of the molecule is C[C@H](c1nnc(C2CC(c3c(C(N)=O)noc3-c3ccccc3)C2)o1)S(C)(=O)=O. The summed E-state index contributed by atoms with van der Waals surface area (Å²) >= 11 is 0. The molecule has 29 heavy (non-hydrogen) atoms. The molecule has 3 aromatic rings. The fourth-order valence-corrected chi connectivity index (χ4v) is 3.93. The monoisotopic (exact) mass is 416 g/mol. The number of rotatable bonds is 6. The highest BCUT2D eigenvalue weighted by Gasteiger charge is 2.40. The quantitative estimate of drug-likeness (QED) is 0.646. The number of carbonyl (C=O) groups is 1. The summed E-state index contributed by atoms with van der Waals surface area (Å²) in [5, 5.41) is 10.9. The minimum Gasteiger partial charge on any atom is -0.424 e. The molecule has 152 valence electrons. The second-order valence-corrected chi connectivity index (χ2v) is 9.69. The average Bonchev–Trinajstić information content (AvgIpc) is 3.27. The lowest BCUT2D eigenvalue weighted by atomic mass is 9.70. The third-order valence-electron chi connectivity index (χ3n) is 5.34. The van der Waals surface area contributed by atoms with Crippen molar-refractivity contribution in [2.24, 2.45) is 5.73 Å². The molecular weight excluding hydrogens is 396 g/mol. The van der Waals surface area contributed by atoms with Crippen LogP contribution in [-0.2, 0) is 9.84 Å². The summed E-state index contributed by atoms with van der Waals surface area (Å²) in [6, 6.07) is 9.39. The summed E-state index contributed by atoms with van der Waals surface area (Å²) in [6.07, 6.45) is 2.40. The smallest absolute Gasteiger partial charge is 0.271 e. The topological polar surface area (TPSA) is 142 Å². The zero-order valence-corrected chi connectivity index (χ0v) is 16.7. The van der Waals surface area contributed by atoms with Crippen LogP contribution in [-0.4, -0.2) is 35.9 Å². The van der Waals surface area contributed by atoms with Crippen LogP contribution in [0.5, 0.6) is 0 Å². The molecule has 1 aromatic carbocycles. The lowest BCUT2D eigenvalue weighted by molar-refractivity contribution is 0.0989. The Labute approximate surface area is 167 Å². The van der Waals surface area contributed by atoms with E-state index < -0.39 is 21.0 Å². The first-order chi connectivity index (χ1) is 13.8. The third kappa shape index (κ3) is 3.55. The predicted octanol–water partition coefficient (Wildman–Crippen LogP) is 2.59. The Balaban J connectivity index is 1.57. The van der Waals surface area contributed by atoms with E-state index in [9.17, 15) is 13.2 Å². The second kappa shape index (κ2) is 7.11. The summed E-state index contributed by atoms with van der Waals surface area (Å²) in [4.78, 5) is 11.8.